The smallest absolute Gasteiger partial charge is 0.0587 e. The normalized spacial score (nSPS) is 18.3. The number of nitrogens with zero attached hydrogens (tertiary/aromatic N) is 1. The fourth-order valence-electron chi connectivity index (χ4n) is 3.82. The Hall–Kier alpha value is -0.860. The highest BCUT2D eigenvalue weighted by atomic mass is 16.3. The number of rotatable bonds is 12. The molecule has 1 aliphatic heterocycles. The van der Waals surface area contributed by atoms with Gasteiger partial charge in [0.2, 0.25) is 0 Å². The number of aliphatic hydroxyl groups excluding tert-OH is 1. The second kappa shape index (κ2) is 11.7. The molecule has 1 saturated heterocycles. The third kappa shape index (κ3) is 6.94. The van der Waals surface area contributed by atoms with E-state index in [2.05, 4.69) is 36.1 Å². The predicted octanol–water partition coefficient (Wildman–Crippen LogP) is 5.33. The first-order valence-corrected chi connectivity index (χ1v) is 10.3. The Morgan fingerprint density at radius 2 is 1.54 bits per heavy atom. The second-order valence-electron chi connectivity index (χ2n) is 7.49. The van der Waals surface area contributed by atoms with Gasteiger partial charge in [-0.1, -0.05) is 76.1 Å². The summed E-state index contributed by atoms with van der Waals surface area (Å²) < 4.78 is 0. The van der Waals surface area contributed by atoms with Crippen molar-refractivity contribution in [1.29, 1.82) is 0 Å². The summed E-state index contributed by atoms with van der Waals surface area (Å²) in [5.41, 5.74) is 2.86. The lowest BCUT2D eigenvalue weighted by molar-refractivity contribution is 0.153. The molecule has 1 N–H and O–H groups in total. The Morgan fingerprint density at radius 1 is 0.917 bits per heavy atom. The van der Waals surface area contributed by atoms with Gasteiger partial charge >= 0.3 is 0 Å². The van der Waals surface area contributed by atoms with Gasteiger partial charge in [-0.2, -0.15) is 0 Å². The zero-order valence-electron chi connectivity index (χ0n) is 15.7. The van der Waals surface area contributed by atoms with Gasteiger partial charge in [-0.25, -0.2) is 0 Å². The molecule has 2 nitrogen and oxygen atoms in total. The third-order valence-electron chi connectivity index (χ3n) is 5.44. The van der Waals surface area contributed by atoms with E-state index in [0.29, 0.717) is 12.6 Å². The van der Waals surface area contributed by atoms with Crippen LogP contribution in [-0.4, -0.2) is 29.2 Å². The Labute approximate surface area is 149 Å². The van der Waals surface area contributed by atoms with Crippen LogP contribution in [0.4, 0.5) is 0 Å². The van der Waals surface area contributed by atoms with Crippen molar-refractivity contribution in [2.45, 2.75) is 90.1 Å². The van der Waals surface area contributed by atoms with Crippen molar-refractivity contribution in [3.05, 3.63) is 35.4 Å². The van der Waals surface area contributed by atoms with Crippen molar-refractivity contribution >= 4 is 0 Å². The van der Waals surface area contributed by atoms with E-state index in [9.17, 15) is 5.11 Å². The van der Waals surface area contributed by atoms with E-state index in [-0.39, 0.29) is 0 Å². The fraction of sp³-hybridized carbons (Fsp3) is 0.727. The van der Waals surface area contributed by atoms with Crippen LogP contribution in [0.3, 0.4) is 0 Å². The van der Waals surface area contributed by atoms with Crippen LogP contribution in [0, 0.1) is 0 Å². The lowest BCUT2D eigenvalue weighted by Crippen LogP contribution is -2.31. The minimum Gasteiger partial charge on any atom is -0.395 e. The predicted molar refractivity (Wildman–Crippen MR) is 103 cm³/mol. The highest BCUT2D eigenvalue weighted by Gasteiger charge is 2.23. The van der Waals surface area contributed by atoms with Crippen LogP contribution in [-0.2, 0) is 13.0 Å². The van der Waals surface area contributed by atoms with Crippen molar-refractivity contribution in [2.24, 2.45) is 0 Å². The average molecular weight is 332 g/mol. The third-order valence-corrected chi connectivity index (χ3v) is 5.44. The van der Waals surface area contributed by atoms with Crippen LogP contribution < -0.4 is 0 Å². The van der Waals surface area contributed by atoms with Crippen LogP contribution in [0.2, 0.25) is 0 Å². The van der Waals surface area contributed by atoms with Gasteiger partial charge in [-0.15, -0.1) is 0 Å². The van der Waals surface area contributed by atoms with E-state index in [1.165, 1.54) is 75.3 Å². The fourth-order valence-corrected chi connectivity index (χ4v) is 3.82. The van der Waals surface area contributed by atoms with Crippen LogP contribution in [0.1, 0.15) is 82.3 Å². The number of likely N-dealkylation sites (tertiary alicyclic amines) is 1. The topological polar surface area (TPSA) is 23.5 Å². The van der Waals surface area contributed by atoms with Crippen molar-refractivity contribution in [3.8, 4) is 0 Å². The van der Waals surface area contributed by atoms with Crippen LogP contribution in [0.5, 0.6) is 0 Å². The Balaban J connectivity index is 1.60. The van der Waals surface area contributed by atoms with E-state index in [1.54, 1.807) is 0 Å². The van der Waals surface area contributed by atoms with Crippen LogP contribution in [0.15, 0.2) is 24.3 Å². The molecule has 0 unspecified atom stereocenters. The maximum absolute atomic E-state index is 9.42. The molecule has 2 heteroatoms. The van der Waals surface area contributed by atoms with Gasteiger partial charge < -0.3 is 5.11 Å². The number of hydrogen-bond donors (Lipinski definition) is 1. The van der Waals surface area contributed by atoms with Gasteiger partial charge in [-0.05, 0) is 43.4 Å². The molecule has 0 bridgehead atoms. The molecular weight excluding hydrogens is 294 g/mol. The van der Waals surface area contributed by atoms with Gasteiger partial charge in [-0.3, -0.25) is 4.90 Å². The average Bonchev–Trinajstić information content (AvgIpc) is 3.06. The molecule has 0 amide bonds. The summed E-state index contributed by atoms with van der Waals surface area (Å²) in [5.74, 6) is 0. The zero-order chi connectivity index (χ0) is 17.0. The molecule has 1 aromatic carbocycles. The molecule has 0 aliphatic carbocycles. The van der Waals surface area contributed by atoms with E-state index >= 15 is 0 Å². The first-order valence-electron chi connectivity index (χ1n) is 10.3. The van der Waals surface area contributed by atoms with Gasteiger partial charge in [0.25, 0.3) is 0 Å². The van der Waals surface area contributed by atoms with E-state index < -0.39 is 0 Å². The molecule has 1 atom stereocenters. The molecule has 0 aromatic heterocycles. The number of hydrogen-bond acceptors (Lipinski definition) is 2. The van der Waals surface area contributed by atoms with Gasteiger partial charge in [0.15, 0.2) is 0 Å². The first kappa shape index (κ1) is 19.5. The summed E-state index contributed by atoms with van der Waals surface area (Å²) in [7, 11) is 0. The number of benzene rings is 1. The summed E-state index contributed by atoms with van der Waals surface area (Å²) in [4.78, 5) is 2.42. The number of unbranched alkanes of at least 4 members (excludes halogenated alkanes) is 7. The zero-order valence-corrected chi connectivity index (χ0v) is 15.7. The molecule has 0 saturated carbocycles. The maximum Gasteiger partial charge on any atom is 0.0587 e. The Kier molecular flexibility index (Phi) is 9.45. The molecule has 1 fully saturated rings. The van der Waals surface area contributed by atoms with Gasteiger partial charge in [0, 0.05) is 12.6 Å². The summed E-state index contributed by atoms with van der Waals surface area (Å²) in [6.07, 6.45) is 14.7. The monoisotopic (exact) mass is 331 g/mol. The Bertz CT molecular complexity index is 428. The molecule has 2 rings (SSSR count). The van der Waals surface area contributed by atoms with E-state index in [1.807, 2.05) is 0 Å². The minimum absolute atomic E-state index is 0.302. The first-order chi connectivity index (χ1) is 11.8. The Morgan fingerprint density at radius 3 is 2.21 bits per heavy atom. The summed E-state index contributed by atoms with van der Waals surface area (Å²) in [6.45, 7) is 4.70. The molecule has 24 heavy (non-hydrogen) atoms. The molecule has 0 spiro atoms. The summed E-state index contributed by atoms with van der Waals surface area (Å²) in [6, 6.07) is 9.56. The van der Waals surface area contributed by atoms with Crippen LogP contribution in [0.25, 0.3) is 0 Å². The maximum atomic E-state index is 9.42. The standard InChI is InChI=1S/C22H37NO/c1-2-3-4-5-6-7-8-9-11-20-13-15-21(16-14-20)18-23-17-10-12-22(23)19-24/h13-16,22,24H,2-12,17-19H2,1H3/t22-/m1/s1. The molecule has 136 valence electrons. The molecule has 1 heterocycles. The lowest BCUT2D eigenvalue weighted by atomic mass is 10.0. The van der Waals surface area contributed by atoms with Gasteiger partial charge in [0.1, 0.15) is 0 Å². The van der Waals surface area contributed by atoms with Crippen molar-refractivity contribution in [2.75, 3.05) is 13.2 Å². The molecule has 0 radical (unpaired) electrons. The minimum atomic E-state index is 0.302. The molecular formula is C22H37NO. The number of aryl methyl sites for hydroxylation is 1. The lowest BCUT2D eigenvalue weighted by Gasteiger charge is -2.22. The van der Waals surface area contributed by atoms with E-state index in [0.717, 1.165) is 19.5 Å². The summed E-state index contributed by atoms with van der Waals surface area (Å²) >= 11 is 0. The molecule has 1 aromatic rings. The van der Waals surface area contributed by atoms with E-state index in [4.69, 9.17) is 0 Å². The van der Waals surface area contributed by atoms with Gasteiger partial charge in [0.05, 0.1) is 6.61 Å². The largest absolute Gasteiger partial charge is 0.395 e. The second-order valence-corrected chi connectivity index (χ2v) is 7.49. The number of aliphatic hydroxyl groups is 1. The highest BCUT2D eigenvalue weighted by Crippen LogP contribution is 2.20. The quantitative estimate of drug-likeness (QED) is 0.524. The SMILES string of the molecule is CCCCCCCCCCc1ccc(CN2CCC[C@@H]2CO)cc1. The van der Waals surface area contributed by atoms with Crippen LogP contribution >= 0.6 is 0 Å². The highest BCUT2D eigenvalue weighted by molar-refractivity contribution is 5.22. The summed E-state index contributed by atoms with van der Waals surface area (Å²) in [5, 5.41) is 9.42. The van der Waals surface area contributed by atoms with Crippen molar-refractivity contribution in [3.63, 3.8) is 0 Å². The van der Waals surface area contributed by atoms with Crippen molar-refractivity contribution < 1.29 is 5.11 Å². The molecule has 1 aliphatic rings. The van der Waals surface area contributed by atoms with Crippen molar-refractivity contribution in [1.82, 2.24) is 4.90 Å².